The molecule has 100 valence electrons. The highest BCUT2D eigenvalue weighted by Crippen LogP contribution is 2.33. The van der Waals surface area contributed by atoms with Crippen molar-refractivity contribution in [3.8, 4) is 16.9 Å². The molecular weight excluding hydrogens is 256 g/mol. The molecule has 0 aliphatic rings. The number of hydrogen-bond acceptors (Lipinski definition) is 1. The van der Waals surface area contributed by atoms with E-state index in [1.807, 2.05) is 24.3 Å². The van der Waals surface area contributed by atoms with E-state index in [0.29, 0.717) is 0 Å². The fourth-order valence-corrected chi connectivity index (χ4v) is 2.37. The highest BCUT2D eigenvalue weighted by Gasteiger charge is 2.08. The fourth-order valence-electron chi connectivity index (χ4n) is 2.04. The van der Waals surface area contributed by atoms with E-state index in [4.69, 9.17) is 16.3 Å². The Hall–Kier alpha value is -1.47. The van der Waals surface area contributed by atoms with Crippen LogP contribution in [0.2, 0.25) is 5.02 Å². The molecular formula is C17H19ClO. The molecule has 0 spiro atoms. The van der Waals surface area contributed by atoms with Crippen LogP contribution in [0.5, 0.6) is 5.75 Å². The molecule has 0 heterocycles. The third-order valence-electron chi connectivity index (χ3n) is 3.26. The maximum atomic E-state index is 6.31. The summed E-state index contributed by atoms with van der Waals surface area (Å²) in [5, 5.41) is 0.778. The molecule has 0 aliphatic carbocycles. The van der Waals surface area contributed by atoms with E-state index >= 15 is 0 Å². The van der Waals surface area contributed by atoms with Crippen LogP contribution in [-0.2, 0) is 0 Å². The molecule has 2 aromatic rings. The molecule has 0 amide bonds. The van der Waals surface area contributed by atoms with Crippen LogP contribution in [0.25, 0.3) is 11.1 Å². The minimum absolute atomic E-state index is 0.225. The number of benzene rings is 2. The van der Waals surface area contributed by atoms with Crippen molar-refractivity contribution in [3.05, 3.63) is 53.1 Å². The molecule has 19 heavy (non-hydrogen) atoms. The van der Waals surface area contributed by atoms with Crippen LogP contribution in [0.1, 0.15) is 25.8 Å². The molecule has 0 aromatic heterocycles. The number of halogens is 1. The quantitative estimate of drug-likeness (QED) is 0.716. The molecule has 0 saturated carbocycles. The first kappa shape index (κ1) is 14.0. The lowest BCUT2D eigenvalue weighted by Crippen LogP contribution is -2.09. The zero-order chi connectivity index (χ0) is 13.8. The van der Waals surface area contributed by atoms with E-state index < -0.39 is 0 Å². The molecule has 1 atom stereocenters. The van der Waals surface area contributed by atoms with Gasteiger partial charge in [-0.15, -0.1) is 0 Å². The van der Waals surface area contributed by atoms with E-state index in [-0.39, 0.29) is 6.10 Å². The van der Waals surface area contributed by atoms with Gasteiger partial charge in [0, 0.05) is 10.6 Å². The van der Waals surface area contributed by atoms with Gasteiger partial charge < -0.3 is 4.74 Å². The Morgan fingerprint density at radius 3 is 2.58 bits per heavy atom. The van der Waals surface area contributed by atoms with E-state index in [0.717, 1.165) is 28.3 Å². The molecule has 2 aromatic carbocycles. The fraction of sp³-hybridized carbons (Fsp3) is 0.294. The molecule has 1 nitrogen and oxygen atoms in total. The van der Waals surface area contributed by atoms with Gasteiger partial charge in [0.1, 0.15) is 5.75 Å². The Morgan fingerprint density at radius 1 is 1.16 bits per heavy atom. The third kappa shape index (κ3) is 3.30. The van der Waals surface area contributed by atoms with Crippen molar-refractivity contribution in [3.63, 3.8) is 0 Å². The summed E-state index contributed by atoms with van der Waals surface area (Å²) in [4.78, 5) is 0. The maximum Gasteiger partial charge on any atom is 0.120 e. The first-order valence-corrected chi connectivity index (χ1v) is 7.01. The lowest BCUT2D eigenvalue weighted by Gasteiger charge is -2.14. The highest BCUT2D eigenvalue weighted by molar-refractivity contribution is 6.33. The molecule has 0 N–H and O–H groups in total. The predicted molar refractivity (Wildman–Crippen MR) is 82.0 cm³/mol. The number of aryl methyl sites for hydroxylation is 1. The van der Waals surface area contributed by atoms with Crippen LogP contribution in [0.4, 0.5) is 0 Å². The zero-order valence-electron chi connectivity index (χ0n) is 11.6. The Balaban J connectivity index is 2.38. The summed E-state index contributed by atoms with van der Waals surface area (Å²) in [6.07, 6.45) is 1.22. The van der Waals surface area contributed by atoms with Crippen LogP contribution in [0, 0.1) is 6.92 Å². The summed E-state index contributed by atoms with van der Waals surface area (Å²) in [7, 11) is 0. The van der Waals surface area contributed by atoms with Gasteiger partial charge in [0.2, 0.25) is 0 Å². The molecule has 0 saturated heterocycles. The number of rotatable bonds is 4. The van der Waals surface area contributed by atoms with Gasteiger partial charge in [-0.1, -0.05) is 42.8 Å². The van der Waals surface area contributed by atoms with Crippen molar-refractivity contribution in [2.24, 2.45) is 0 Å². The Morgan fingerprint density at radius 2 is 1.89 bits per heavy atom. The average Bonchev–Trinajstić information content (AvgIpc) is 2.39. The van der Waals surface area contributed by atoms with Gasteiger partial charge in [-0.3, -0.25) is 0 Å². The monoisotopic (exact) mass is 274 g/mol. The first-order valence-electron chi connectivity index (χ1n) is 6.64. The Kier molecular flexibility index (Phi) is 4.49. The molecule has 2 rings (SSSR count). The van der Waals surface area contributed by atoms with Crippen LogP contribution in [-0.4, -0.2) is 6.10 Å². The Labute approximate surface area is 120 Å². The van der Waals surface area contributed by atoms with Crippen LogP contribution >= 0.6 is 11.6 Å². The normalized spacial score (nSPS) is 12.2. The summed E-state index contributed by atoms with van der Waals surface area (Å²) < 4.78 is 5.86. The predicted octanol–water partition coefficient (Wildman–Crippen LogP) is 5.49. The van der Waals surface area contributed by atoms with E-state index in [2.05, 4.69) is 39.0 Å². The van der Waals surface area contributed by atoms with Gasteiger partial charge in [-0.25, -0.2) is 0 Å². The van der Waals surface area contributed by atoms with Gasteiger partial charge >= 0.3 is 0 Å². The molecule has 0 fully saturated rings. The largest absolute Gasteiger partial charge is 0.491 e. The summed E-state index contributed by atoms with van der Waals surface area (Å²) >= 11 is 6.31. The van der Waals surface area contributed by atoms with Crippen molar-refractivity contribution >= 4 is 11.6 Å². The highest BCUT2D eigenvalue weighted by atomic mass is 35.5. The molecule has 0 aliphatic heterocycles. The van der Waals surface area contributed by atoms with Crippen LogP contribution in [0.15, 0.2) is 42.5 Å². The van der Waals surface area contributed by atoms with Gasteiger partial charge in [-0.05, 0) is 49.6 Å². The topological polar surface area (TPSA) is 9.23 Å². The summed E-state index contributed by atoms with van der Waals surface area (Å²) in [5.41, 5.74) is 3.36. The maximum absolute atomic E-state index is 6.31. The summed E-state index contributed by atoms with van der Waals surface area (Å²) in [6, 6.07) is 14.1. The smallest absolute Gasteiger partial charge is 0.120 e. The van der Waals surface area contributed by atoms with Crippen molar-refractivity contribution in [1.82, 2.24) is 0 Å². The third-order valence-corrected chi connectivity index (χ3v) is 3.57. The van der Waals surface area contributed by atoms with E-state index in [1.54, 1.807) is 0 Å². The lowest BCUT2D eigenvalue weighted by atomic mass is 10.0. The van der Waals surface area contributed by atoms with Gasteiger partial charge in [0.05, 0.1) is 6.10 Å². The Bertz CT molecular complexity index is 543. The molecule has 0 radical (unpaired) electrons. The lowest BCUT2D eigenvalue weighted by molar-refractivity contribution is 0.217. The standard InChI is InChI=1S/C17H19ClO/c1-4-13(3)19-15-9-6-8-14(11-15)17-12(2)7-5-10-16(17)18/h5-11,13H,4H2,1-3H3. The van der Waals surface area contributed by atoms with E-state index in [9.17, 15) is 0 Å². The van der Waals surface area contributed by atoms with Crippen LogP contribution < -0.4 is 4.74 Å². The SMILES string of the molecule is CCC(C)Oc1cccc(-c2c(C)cccc2Cl)c1. The number of ether oxygens (including phenoxy) is 1. The van der Waals surface area contributed by atoms with Crippen molar-refractivity contribution in [2.75, 3.05) is 0 Å². The first-order chi connectivity index (χ1) is 9.11. The van der Waals surface area contributed by atoms with Crippen molar-refractivity contribution in [1.29, 1.82) is 0 Å². The van der Waals surface area contributed by atoms with Crippen molar-refractivity contribution < 1.29 is 4.74 Å². The van der Waals surface area contributed by atoms with Gasteiger partial charge in [-0.2, -0.15) is 0 Å². The minimum atomic E-state index is 0.225. The number of hydrogen-bond donors (Lipinski definition) is 0. The van der Waals surface area contributed by atoms with Gasteiger partial charge in [0.15, 0.2) is 0 Å². The second kappa shape index (κ2) is 6.12. The molecule has 0 bridgehead atoms. The second-order valence-corrected chi connectivity index (χ2v) is 5.20. The summed E-state index contributed by atoms with van der Waals surface area (Å²) in [5.74, 6) is 0.895. The minimum Gasteiger partial charge on any atom is -0.491 e. The molecule has 2 heteroatoms. The molecule has 1 unspecified atom stereocenters. The second-order valence-electron chi connectivity index (χ2n) is 4.80. The summed E-state index contributed by atoms with van der Waals surface area (Å²) in [6.45, 7) is 6.27. The van der Waals surface area contributed by atoms with E-state index in [1.165, 1.54) is 5.56 Å². The van der Waals surface area contributed by atoms with Crippen molar-refractivity contribution in [2.45, 2.75) is 33.3 Å². The van der Waals surface area contributed by atoms with Gasteiger partial charge in [0.25, 0.3) is 0 Å². The van der Waals surface area contributed by atoms with Crippen LogP contribution in [0.3, 0.4) is 0 Å². The zero-order valence-corrected chi connectivity index (χ0v) is 12.4. The average molecular weight is 275 g/mol.